The Bertz CT molecular complexity index is 2330. The molecule has 0 heterocycles. The molecule has 0 unspecified atom stereocenters. The van der Waals surface area contributed by atoms with E-state index in [1.807, 2.05) is 0 Å². The summed E-state index contributed by atoms with van der Waals surface area (Å²) in [6.07, 6.45) is 0. The maximum absolute atomic E-state index is 12.8. The number of amides is 1. The van der Waals surface area contributed by atoms with Gasteiger partial charge in [0.15, 0.2) is 5.75 Å². The summed E-state index contributed by atoms with van der Waals surface area (Å²) in [6.45, 7) is 0. The van der Waals surface area contributed by atoms with E-state index < -0.39 is 47.4 Å². The minimum absolute atomic E-state index is 0.0368. The Morgan fingerprint density at radius 2 is 1.26 bits per heavy atom. The van der Waals surface area contributed by atoms with Gasteiger partial charge in [-0.1, -0.05) is 6.07 Å². The number of rotatable bonds is 8. The van der Waals surface area contributed by atoms with Crippen molar-refractivity contribution in [3.8, 4) is 5.75 Å². The highest BCUT2D eigenvalue weighted by atomic mass is 32.2. The minimum Gasteiger partial charge on any atom is -0.505 e. The highest BCUT2D eigenvalue weighted by Crippen LogP contribution is 2.42. The van der Waals surface area contributed by atoms with E-state index in [9.17, 15) is 35.8 Å². The Kier molecular flexibility index (Phi) is 8.59. The summed E-state index contributed by atoms with van der Waals surface area (Å²) in [4.78, 5) is 11.6. The Labute approximate surface area is 266 Å². The zero-order valence-corrected chi connectivity index (χ0v) is 25.4. The molecule has 10 N–H and O–H groups in total. The Morgan fingerprint density at radius 3 is 1.87 bits per heavy atom. The van der Waals surface area contributed by atoms with Gasteiger partial charge in [0.25, 0.3) is 26.1 Å². The summed E-state index contributed by atoms with van der Waals surface area (Å²) >= 11 is 0. The molecular formula is C29H24N8O8S2. The van der Waals surface area contributed by atoms with Crippen molar-refractivity contribution >= 4 is 82.4 Å². The predicted octanol–water partition coefficient (Wildman–Crippen LogP) is 5.87. The van der Waals surface area contributed by atoms with Crippen molar-refractivity contribution in [2.75, 3.05) is 22.5 Å². The highest BCUT2D eigenvalue weighted by molar-refractivity contribution is 7.86. The van der Waals surface area contributed by atoms with Gasteiger partial charge < -0.3 is 27.6 Å². The number of nitrogens with one attached hydrogen (secondary N) is 1. The van der Waals surface area contributed by atoms with Crippen LogP contribution in [0.15, 0.2) is 115 Å². The van der Waals surface area contributed by atoms with Gasteiger partial charge in [-0.15, -0.1) is 10.2 Å². The van der Waals surface area contributed by atoms with Crippen LogP contribution in [0.5, 0.6) is 5.75 Å². The quantitative estimate of drug-likeness (QED) is 0.0579. The maximum atomic E-state index is 12.8. The molecule has 240 valence electrons. The first kappa shape index (κ1) is 32.4. The lowest BCUT2D eigenvalue weighted by atomic mass is 10.1. The lowest BCUT2D eigenvalue weighted by Crippen LogP contribution is -2.11. The van der Waals surface area contributed by atoms with Crippen molar-refractivity contribution in [1.29, 1.82) is 0 Å². The molecule has 0 radical (unpaired) electrons. The zero-order chi connectivity index (χ0) is 34.1. The monoisotopic (exact) mass is 676 g/mol. The molecule has 47 heavy (non-hydrogen) atoms. The first-order valence-corrected chi connectivity index (χ1v) is 16.0. The second-order valence-corrected chi connectivity index (χ2v) is 12.7. The van der Waals surface area contributed by atoms with E-state index in [4.69, 9.17) is 17.2 Å². The van der Waals surface area contributed by atoms with Gasteiger partial charge in [-0.2, -0.15) is 27.1 Å². The molecule has 0 atom stereocenters. The van der Waals surface area contributed by atoms with Gasteiger partial charge in [-0.3, -0.25) is 13.9 Å². The van der Waals surface area contributed by atoms with Crippen molar-refractivity contribution in [2.24, 2.45) is 20.5 Å². The molecule has 0 aromatic heterocycles. The molecule has 5 aromatic carbocycles. The third kappa shape index (κ3) is 7.31. The molecule has 0 aliphatic heterocycles. The third-order valence-electron chi connectivity index (χ3n) is 6.59. The van der Waals surface area contributed by atoms with Gasteiger partial charge in [-0.25, -0.2) is 0 Å². The first-order valence-electron chi connectivity index (χ1n) is 13.1. The number of nitrogen functional groups attached to an aromatic ring is 3. The fourth-order valence-electron chi connectivity index (χ4n) is 4.28. The van der Waals surface area contributed by atoms with Crippen LogP contribution in [0.3, 0.4) is 0 Å². The van der Waals surface area contributed by atoms with Crippen molar-refractivity contribution in [1.82, 2.24) is 0 Å². The number of hydrogen-bond donors (Lipinski definition) is 7. The zero-order valence-electron chi connectivity index (χ0n) is 23.8. The summed E-state index contributed by atoms with van der Waals surface area (Å²) in [5.74, 6) is -1.02. The van der Waals surface area contributed by atoms with Crippen LogP contribution in [0, 0.1) is 0 Å². The highest BCUT2D eigenvalue weighted by Gasteiger charge is 2.22. The van der Waals surface area contributed by atoms with Gasteiger partial charge >= 0.3 is 0 Å². The number of azo groups is 2. The molecule has 0 saturated heterocycles. The second kappa shape index (κ2) is 12.4. The third-order valence-corrected chi connectivity index (χ3v) is 8.36. The van der Waals surface area contributed by atoms with Crippen molar-refractivity contribution in [3.05, 3.63) is 90.5 Å². The van der Waals surface area contributed by atoms with Crippen LogP contribution < -0.4 is 22.5 Å². The van der Waals surface area contributed by atoms with E-state index in [0.717, 1.165) is 18.2 Å². The van der Waals surface area contributed by atoms with Crippen LogP contribution in [0.25, 0.3) is 10.8 Å². The molecule has 5 rings (SSSR count). The molecule has 0 aliphatic carbocycles. The van der Waals surface area contributed by atoms with Crippen LogP contribution in [0.1, 0.15) is 10.4 Å². The number of carbonyl (C=O) groups is 1. The second-order valence-electron chi connectivity index (χ2n) is 9.90. The molecule has 16 nitrogen and oxygen atoms in total. The Hall–Kier alpha value is -5.95. The van der Waals surface area contributed by atoms with E-state index >= 15 is 0 Å². The number of phenols is 1. The van der Waals surface area contributed by atoms with Gasteiger partial charge in [-0.05, 0) is 84.2 Å². The number of aromatic hydroxyl groups is 1. The van der Waals surface area contributed by atoms with E-state index in [2.05, 4.69) is 25.8 Å². The van der Waals surface area contributed by atoms with E-state index in [-0.39, 0.29) is 33.7 Å². The molecule has 0 saturated carbocycles. The SMILES string of the molecule is Nc1ccc2cc(S(=O)(=O)O)c(N=Nc3ccc(C(=O)Nc4ccc(N=Nc5cc(S(=O)(=O)O)c(N)cc5N)cc4)cc3)c(O)c2c1. The van der Waals surface area contributed by atoms with Gasteiger partial charge in [0.1, 0.15) is 21.2 Å². The Morgan fingerprint density at radius 1 is 0.660 bits per heavy atom. The number of hydrogen-bond acceptors (Lipinski definition) is 13. The lowest BCUT2D eigenvalue weighted by Gasteiger charge is -2.09. The summed E-state index contributed by atoms with van der Waals surface area (Å²) in [6, 6.07) is 19.6. The summed E-state index contributed by atoms with van der Waals surface area (Å²) < 4.78 is 66.0. The smallest absolute Gasteiger partial charge is 0.296 e. The van der Waals surface area contributed by atoms with Crippen molar-refractivity contribution in [2.45, 2.75) is 9.79 Å². The molecular weight excluding hydrogens is 653 g/mol. The standard InChI is InChI=1S/C29H24N8O8S2/c30-17-4-1-16-11-26(47(43,44)45)27(28(38)21(16)12-17)37-35-19-5-2-15(3-6-19)29(39)33-18-7-9-20(10-8-18)34-36-24-14-25(46(40,41)42)23(32)13-22(24)31/h1-14,38H,30-32H2,(H,33,39)(H,40,41,42)(H,43,44,45). The van der Waals surface area contributed by atoms with E-state index in [1.54, 1.807) is 12.1 Å². The molecule has 18 heteroatoms. The average molecular weight is 677 g/mol. The fraction of sp³-hybridized carbons (Fsp3) is 0. The molecule has 5 aromatic rings. The van der Waals surface area contributed by atoms with Crippen LogP contribution in [-0.2, 0) is 20.2 Å². The largest absolute Gasteiger partial charge is 0.505 e. The lowest BCUT2D eigenvalue weighted by molar-refractivity contribution is 0.102. The Balaban J connectivity index is 1.29. The minimum atomic E-state index is -4.78. The molecule has 0 aliphatic rings. The van der Waals surface area contributed by atoms with E-state index in [1.165, 1.54) is 54.6 Å². The number of anilines is 4. The van der Waals surface area contributed by atoms with Crippen molar-refractivity contribution in [3.63, 3.8) is 0 Å². The normalized spacial score (nSPS) is 12.2. The van der Waals surface area contributed by atoms with Gasteiger partial charge in [0.2, 0.25) is 0 Å². The van der Waals surface area contributed by atoms with Crippen LogP contribution in [-0.4, -0.2) is 37.0 Å². The number of carbonyl (C=O) groups excluding carboxylic acids is 1. The first-order chi connectivity index (χ1) is 22.1. The predicted molar refractivity (Wildman–Crippen MR) is 174 cm³/mol. The van der Waals surface area contributed by atoms with Crippen LogP contribution in [0.4, 0.5) is 45.5 Å². The number of fused-ring (bicyclic) bond motifs is 1. The summed E-state index contributed by atoms with van der Waals surface area (Å²) in [5, 5.41) is 29.6. The average Bonchev–Trinajstić information content (AvgIpc) is 3.00. The summed E-state index contributed by atoms with van der Waals surface area (Å²) in [7, 11) is -9.39. The molecule has 0 bridgehead atoms. The molecule has 1 amide bonds. The summed E-state index contributed by atoms with van der Waals surface area (Å²) in [5.41, 5.74) is 18.0. The molecule has 0 spiro atoms. The van der Waals surface area contributed by atoms with Crippen LogP contribution >= 0.6 is 0 Å². The van der Waals surface area contributed by atoms with Gasteiger partial charge in [0, 0.05) is 22.3 Å². The van der Waals surface area contributed by atoms with Gasteiger partial charge in [0.05, 0.1) is 22.7 Å². The fourth-order valence-corrected chi connectivity index (χ4v) is 5.55. The topological polar surface area (TPSA) is 286 Å². The van der Waals surface area contributed by atoms with Crippen molar-refractivity contribution < 1.29 is 35.8 Å². The number of phenolic OH excluding ortho intramolecular Hbond substituents is 1. The number of nitrogens with two attached hydrogens (primary N) is 3. The van der Waals surface area contributed by atoms with Crippen LogP contribution in [0.2, 0.25) is 0 Å². The number of benzene rings is 5. The van der Waals surface area contributed by atoms with E-state index in [0.29, 0.717) is 22.4 Å². The number of nitrogens with zero attached hydrogens (tertiary/aromatic N) is 4. The maximum Gasteiger partial charge on any atom is 0.296 e. The molecule has 0 fully saturated rings.